The molecule has 0 aromatic rings. The number of rotatable bonds is 4. The number of hydrogen-bond donors (Lipinski definition) is 3. The lowest BCUT2D eigenvalue weighted by atomic mass is 10.0. The van der Waals surface area contributed by atoms with Crippen molar-refractivity contribution in [2.24, 2.45) is 0 Å². The van der Waals surface area contributed by atoms with Crippen molar-refractivity contribution in [3.05, 3.63) is 0 Å². The number of carbonyl (C=O) groups is 2. The maximum atomic E-state index is 12.6. The largest absolute Gasteiger partial charge is 0.481 e. The molecule has 2 amide bonds. The smallest absolute Gasteiger partial charge is 0.411 e. The van der Waals surface area contributed by atoms with Gasteiger partial charge in [0.15, 0.2) is 0 Å². The Morgan fingerprint density at radius 1 is 1.28 bits per heavy atom. The molecule has 3 N–H and O–H groups in total. The zero-order valence-electron chi connectivity index (χ0n) is 10.0. The van der Waals surface area contributed by atoms with Crippen LogP contribution in [0.4, 0.5) is 18.0 Å². The van der Waals surface area contributed by atoms with Gasteiger partial charge in [-0.15, -0.1) is 0 Å². The summed E-state index contributed by atoms with van der Waals surface area (Å²) in [6, 6.07) is -1.00. The van der Waals surface area contributed by atoms with Crippen molar-refractivity contribution in [2.75, 3.05) is 0 Å². The fourth-order valence-corrected chi connectivity index (χ4v) is 1.58. The minimum atomic E-state index is -4.48. The number of alkyl halides is 3. The first-order valence-corrected chi connectivity index (χ1v) is 5.36. The molecule has 1 saturated carbocycles. The number of hydrogen-bond acceptors (Lipinski definition) is 2. The molecule has 0 unspecified atom stereocenters. The van der Waals surface area contributed by atoms with Crippen molar-refractivity contribution in [1.29, 1.82) is 0 Å². The van der Waals surface area contributed by atoms with Gasteiger partial charge in [-0.3, -0.25) is 4.79 Å². The summed E-state index contributed by atoms with van der Waals surface area (Å²) in [5.41, 5.74) is -3.26. The minimum absolute atomic E-state index is 0.150. The first-order valence-electron chi connectivity index (χ1n) is 5.36. The summed E-state index contributed by atoms with van der Waals surface area (Å²) in [5, 5.41) is 12.7. The van der Waals surface area contributed by atoms with Crippen molar-refractivity contribution in [3.63, 3.8) is 0 Å². The molecule has 0 aliphatic heterocycles. The number of carbonyl (C=O) groups excluding carboxylic acids is 1. The van der Waals surface area contributed by atoms with Gasteiger partial charge in [0.25, 0.3) is 0 Å². The van der Waals surface area contributed by atoms with Crippen LogP contribution >= 0.6 is 0 Å². The number of urea groups is 1. The second-order valence-corrected chi connectivity index (χ2v) is 5.11. The highest BCUT2D eigenvalue weighted by Crippen LogP contribution is 2.48. The van der Waals surface area contributed by atoms with Crippen LogP contribution in [0.3, 0.4) is 0 Å². The van der Waals surface area contributed by atoms with E-state index in [9.17, 15) is 22.8 Å². The number of carboxylic acid groups (broad SMARTS) is 1. The Bertz CT molecular complexity index is 362. The maximum Gasteiger partial charge on any atom is 0.411 e. The molecule has 1 rings (SSSR count). The highest BCUT2D eigenvalue weighted by Gasteiger charge is 2.64. The van der Waals surface area contributed by atoms with E-state index in [4.69, 9.17) is 5.11 Å². The summed E-state index contributed by atoms with van der Waals surface area (Å²) in [4.78, 5) is 21.9. The van der Waals surface area contributed by atoms with Crippen LogP contribution in [0.25, 0.3) is 0 Å². The standard InChI is InChI=1S/C10H15F3N2O3/c1-8(2,5-6(16)17)14-7(18)15-9(3-4-9)10(11,12)13/h3-5H2,1-2H3,(H,16,17)(H2,14,15,18). The first kappa shape index (κ1) is 14.6. The van der Waals surface area contributed by atoms with E-state index >= 15 is 0 Å². The molecule has 0 aromatic carbocycles. The lowest BCUT2D eigenvalue weighted by molar-refractivity contribution is -0.162. The number of nitrogens with one attached hydrogen (secondary N) is 2. The lowest BCUT2D eigenvalue weighted by Crippen LogP contribution is -2.56. The highest BCUT2D eigenvalue weighted by molar-refractivity contribution is 5.77. The van der Waals surface area contributed by atoms with Crippen LogP contribution in [-0.2, 0) is 4.79 Å². The molecule has 0 bridgehead atoms. The van der Waals surface area contributed by atoms with Gasteiger partial charge in [-0.25, -0.2) is 4.79 Å². The Morgan fingerprint density at radius 3 is 2.11 bits per heavy atom. The van der Waals surface area contributed by atoms with Crippen LogP contribution < -0.4 is 10.6 Å². The van der Waals surface area contributed by atoms with Crippen molar-refractivity contribution < 1.29 is 27.9 Å². The third-order valence-electron chi connectivity index (χ3n) is 2.69. The van der Waals surface area contributed by atoms with Crippen molar-refractivity contribution in [3.8, 4) is 0 Å². The predicted octanol–water partition coefficient (Wildman–Crippen LogP) is 1.63. The van der Waals surface area contributed by atoms with E-state index in [0.717, 1.165) is 0 Å². The molecule has 8 heteroatoms. The normalized spacial score (nSPS) is 18.1. The molecule has 1 fully saturated rings. The van der Waals surface area contributed by atoms with E-state index < -0.39 is 29.3 Å². The molecule has 18 heavy (non-hydrogen) atoms. The SMILES string of the molecule is CC(C)(CC(=O)O)NC(=O)NC1(C(F)(F)F)CC1. The van der Waals surface area contributed by atoms with Gasteiger partial charge in [0.2, 0.25) is 0 Å². The predicted molar refractivity (Wildman–Crippen MR) is 56.0 cm³/mol. The molecule has 1 aliphatic carbocycles. The van der Waals surface area contributed by atoms with Gasteiger partial charge in [-0.1, -0.05) is 0 Å². The van der Waals surface area contributed by atoms with Crippen LogP contribution in [0.2, 0.25) is 0 Å². The minimum Gasteiger partial charge on any atom is -0.481 e. The molecule has 0 spiro atoms. The maximum absolute atomic E-state index is 12.6. The molecular weight excluding hydrogens is 253 g/mol. The summed E-state index contributed by atoms with van der Waals surface area (Å²) < 4.78 is 37.7. The Balaban J connectivity index is 2.55. The molecule has 104 valence electrons. The molecule has 0 aromatic heterocycles. The average Bonchev–Trinajstić information content (AvgIpc) is 2.78. The zero-order chi connectivity index (χ0) is 14.2. The van der Waals surface area contributed by atoms with E-state index in [2.05, 4.69) is 5.32 Å². The van der Waals surface area contributed by atoms with Crippen LogP contribution in [0, 0.1) is 0 Å². The van der Waals surface area contributed by atoms with E-state index in [1.807, 2.05) is 5.32 Å². The Hall–Kier alpha value is -1.47. The van der Waals surface area contributed by atoms with Gasteiger partial charge in [0, 0.05) is 5.54 Å². The summed E-state index contributed by atoms with van der Waals surface area (Å²) in [5.74, 6) is -1.14. The molecule has 5 nitrogen and oxygen atoms in total. The molecule has 0 radical (unpaired) electrons. The van der Waals surface area contributed by atoms with Crippen LogP contribution in [-0.4, -0.2) is 34.4 Å². The van der Waals surface area contributed by atoms with Crippen LogP contribution in [0.1, 0.15) is 33.1 Å². The fraction of sp³-hybridized carbons (Fsp3) is 0.800. The summed E-state index contributed by atoms with van der Waals surface area (Å²) in [6.07, 6.45) is -5.16. The number of carboxylic acids is 1. The molecule has 0 heterocycles. The molecule has 0 atom stereocenters. The zero-order valence-corrected chi connectivity index (χ0v) is 10.0. The van der Waals surface area contributed by atoms with Gasteiger partial charge in [0.1, 0.15) is 5.54 Å². The second-order valence-electron chi connectivity index (χ2n) is 5.11. The van der Waals surface area contributed by atoms with Gasteiger partial charge in [0.05, 0.1) is 6.42 Å². The highest BCUT2D eigenvalue weighted by atomic mass is 19.4. The van der Waals surface area contributed by atoms with Gasteiger partial charge < -0.3 is 15.7 Å². The Labute approximate surface area is 102 Å². The third-order valence-corrected chi connectivity index (χ3v) is 2.69. The van der Waals surface area contributed by atoms with E-state index in [1.165, 1.54) is 13.8 Å². The van der Waals surface area contributed by atoms with Crippen molar-refractivity contribution >= 4 is 12.0 Å². The monoisotopic (exact) mass is 268 g/mol. The summed E-state index contributed by atoms with van der Waals surface area (Å²) in [6.45, 7) is 2.85. The fourth-order valence-electron chi connectivity index (χ4n) is 1.58. The Kier molecular flexibility index (Phi) is 3.51. The lowest BCUT2D eigenvalue weighted by Gasteiger charge is -2.27. The summed E-state index contributed by atoms with van der Waals surface area (Å²) >= 11 is 0. The van der Waals surface area contributed by atoms with Crippen molar-refractivity contribution in [2.45, 2.75) is 50.4 Å². The number of aliphatic carboxylic acids is 1. The van der Waals surface area contributed by atoms with Gasteiger partial charge in [-0.05, 0) is 26.7 Å². The molecule has 1 aliphatic rings. The van der Waals surface area contributed by atoms with E-state index in [1.54, 1.807) is 0 Å². The second kappa shape index (κ2) is 4.33. The van der Waals surface area contributed by atoms with E-state index in [-0.39, 0.29) is 19.3 Å². The number of amides is 2. The quantitative estimate of drug-likeness (QED) is 0.725. The first-order chi connectivity index (χ1) is 7.97. The van der Waals surface area contributed by atoms with Gasteiger partial charge in [-0.2, -0.15) is 13.2 Å². The average molecular weight is 268 g/mol. The van der Waals surface area contributed by atoms with E-state index in [0.29, 0.717) is 0 Å². The Morgan fingerprint density at radius 2 is 1.78 bits per heavy atom. The van der Waals surface area contributed by atoms with Crippen molar-refractivity contribution in [1.82, 2.24) is 10.6 Å². The van der Waals surface area contributed by atoms with Crippen LogP contribution in [0.5, 0.6) is 0 Å². The topological polar surface area (TPSA) is 78.4 Å². The molecule has 0 saturated heterocycles. The van der Waals surface area contributed by atoms with Gasteiger partial charge >= 0.3 is 18.2 Å². The number of halogens is 3. The third kappa shape index (κ3) is 3.51. The van der Waals surface area contributed by atoms with Crippen LogP contribution in [0.15, 0.2) is 0 Å². The summed E-state index contributed by atoms with van der Waals surface area (Å²) in [7, 11) is 0. The molecular formula is C10H15F3N2O3.